The maximum absolute atomic E-state index is 12.9. The predicted octanol–water partition coefficient (Wildman–Crippen LogP) is 3.34. The van der Waals surface area contributed by atoms with E-state index in [1.54, 1.807) is 12.3 Å². The molecule has 1 unspecified atom stereocenters. The molecule has 5 heteroatoms. The Balaban J connectivity index is 1.74. The Kier molecular flexibility index (Phi) is 3.76. The van der Waals surface area contributed by atoms with Crippen LogP contribution in [0, 0.1) is 0 Å². The number of fused-ring (bicyclic) bond motifs is 1. The first-order chi connectivity index (χ1) is 11.8. The molecule has 1 aliphatic heterocycles. The summed E-state index contributed by atoms with van der Waals surface area (Å²) in [6.45, 7) is 0.753. The molecule has 2 aromatic heterocycles. The Morgan fingerprint density at radius 1 is 1.12 bits per heavy atom. The van der Waals surface area contributed by atoms with Crippen molar-refractivity contribution in [2.75, 3.05) is 6.54 Å². The smallest absolute Gasteiger partial charge is 0.273 e. The first-order valence-corrected chi connectivity index (χ1v) is 8.39. The van der Waals surface area contributed by atoms with Crippen molar-refractivity contribution < 1.29 is 4.79 Å². The molecule has 1 aromatic carbocycles. The van der Waals surface area contributed by atoms with Crippen LogP contribution in [-0.4, -0.2) is 31.9 Å². The number of carbonyl (C=O) groups excluding carboxylic acids is 1. The van der Waals surface area contributed by atoms with Crippen LogP contribution in [0.15, 0.2) is 48.7 Å². The molecule has 0 aliphatic carbocycles. The molecule has 122 valence electrons. The molecule has 0 radical (unpaired) electrons. The van der Waals surface area contributed by atoms with E-state index in [-0.39, 0.29) is 11.9 Å². The molecular formula is C19H20N4O. The van der Waals surface area contributed by atoms with E-state index in [9.17, 15) is 4.79 Å². The minimum Gasteiger partial charge on any atom is -0.329 e. The van der Waals surface area contributed by atoms with Crippen LogP contribution in [0.3, 0.4) is 0 Å². The highest BCUT2D eigenvalue weighted by atomic mass is 16.2. The summed E-state index contributed by atoms with van der Waals surface area (Å²) in [5.41, 5.74) is 2.58. The summed E-state index contributed by atoms with van der Waals surface area (Å²) in [6, 6.07) is 13.6. The molecule has 1 aliphatic rings. The van der Waals surface area contributed by atoms with Crippen molar-refractivity contribution in [1.82, 2.24) is 19.4 Å². The topological polar surface area (TPSA) is 51.0 Å². The third-order valence-electron chi connectivity index (χ3n) is 4.77. The van der Waals surface area contributed by atoms with E-state index < -0.39 is 0 Å². The number of aromatic nitrogens is 3. The highest BCUT2D eigenvalue weighted by molar-refractivity contribution is 5.92. The zero-order valence-electron chi connectivity index (χ0n) is 13.7. The zero-order chi connectivity index (χ0) is 16.5. The summed E-state index contributed by atoms with van der Waals surface area (Å²) in [6.07, 6.45) is 4.75. The summed E-state index contributed by atoms with van der Waals surface area (Å²) in [5, 5.41) is 0. The van der Waals surface area contributed by atoms with Gasteiger partial charge in [-0.1, -0.05) is 18.2 Å². The molecule has 0 N–H and O–H groups in total. The average Bonchev–Trinajstić information content (AvgIpc) is 2.99. The number of hydrogen-bond donors (Lipinski definition) is 0. The van der Waals surface area contributed by atoms with Gasteiger partial charge in [-0.15, -0.1) is 0 Å². The fourth-order valence-corrected chi connectivity index (χ4v) is 3.54. The number of hydrogen-bond acceptors (Lipinski definition) is 3. The number of nitrogens with zero attached hydrogens (tertiary/aromatic N) is 4. The number of carbonyl (C=O) groups is 1. The number of benzene rings is 1. The summed E-state index contributed by atoms with van der Waals surface area (Å²) in [7, 11) is 2.03. The highest BCUT2D eigenvalue weighted by Crippen LogP contribution is 2.32. The van der Waals surface area contributed by atoms with Gasteiger partial charge in [0.2, 0.25) is 0 Å². The Bertz CT molecular complexity index is 871. The van der Waals surface area contributed by atoms with Gasteiger partial charge in [-0.3, -0.25) is 9.78 Å². The molecule has 0 bridgehead atoms. The second kappa shape index (κ2) is 6.07. The maximum atomic E-state index is 12.9. The van der Waals surface area contributed by atoms with Crippen LogP contribution >= 0.6 is 0 Å². The van der Waals surface area contributed by atoms with Crippen molar-refractivity contribution in [3.8, 4) is 0 Å². The first kappa shape index (κ1) is 14.9. The van der Waals surface area contributed by atoms with Gasteiger partial charge in [0.05, 0.1) is 17.1 Å². The molecular weight excluding hydrogens is 300 g/mol. The minimum atomic E-state index is -0.00708. The number of aryl methyl sites for hydroxylation is 1. The average molecular weight is 320 g/mol. The second-order valence-corrected chi connectivity index (χ2v) is 6.24. The monoisotopic (exact) mass is 320 g/mol. The summed E-state index contributed by atoms with van der Waals surface area (Å²) >= 11 is 0. The molecule has 0 saturated carbocycles. The van der Waals surface area contributed by atoms with E-state index in [2.05, 4.69) is 15.6 Å². The van der Waals surface area contributed by atoms with Gasteiger partial charge >= 0.3 is 0 Å². The van der Waals surface area contributed by atoms with E-state index in [1.165, 1.54) is 0 Å². The van der Waals surface area contributed by atoms with Crippen molar-refractivity contribution in [3.63, 3.8) is 0 Å². The van der Waals surface area contributed by atoms with E-state index in [0.717, 1.165) is 42.7 Å². The maximum Gasteiger partial charge on any atom is 0.273 e. The van der Waals surface area contributed by atoms with Crippen LogP contribution in [0.4, 0.5) is 0 Å². The van der Waals surface area contributed by atoms with Crippen molar-refractivity contribution in [1.29, 1.82) is 0 Å². The Hall–Kier alpha value is -2.69. The van der Waals surface area contributed by atoms with Gasteiger partial charge in [0.15, 0.2) is 0 Å². The molecule has 1 saturated heterocycles. The Morgan fingerprint density at radius 2 is 1.96 bits per heavy atom. The van der Waals surface area contributed by atoms with Crippen LogP contribution in [0.25, 0.3) is 11.0 Å². The normalized spacial score (nSPS) is 18.0. The van der Waals surface area contributed by atoms with Gasteiger partial charge in [0, 0.05) is 19.8 Å². The van der Waals surface area contributed by atoms with Crippen LogP contribution in [0.2, 0.25) is 0 Å². The van der Waals surface area contributed by atoms with E-state index in [1.807, 2.05) is 42.3 Å². The van der Waals surface area contributed by atoms with Crippen LogP contribution < -0.4 is 0 Å². The highest BCUT2D eigenvalue weighted by Gasteiger charge is 2.32. The van der Waals surface area contributed by atoms with Crippen molar-refractivity contribution in [3.05, 3.63) is 60.2 Å². The molecule has 3 aromatic rings. The predicted molar refractivity (Wildman–Crippen MR) is 92.6 cm³/mol. The van der Waals surface area contributed by atoms with E-state index in [4.69, 9.17) is 4.98 Å². The van der Waals surface area contributed by atoms with Crippen LogP contribution in [-0.2, 0) is 7.05 Å². The third kappa shape index (κ3) is 2.46. The van der Waals surface area contributed by atoms with Gasteiger partial charge < -0.3 is 9.47 Å². The van der Waals surface area contributed by atoms with E-state index in [0.29, 0.717) is 5.69 Å². The number of piperidine rings is 1. The number of amides is 1. The number of likely N-dealkylation sites (tertiary alicyclic amines) is 1. The SMILES string of the molecule is Cn1c(C2CCCCN2C(=O)c2ccccn2)nc2ccccc21. The van der Waals surface area contributed by atoms with Crippen LogP contribution in [0.1, 0.15) is 41.6 Å². The molecule has 4 rings (SSSR count). The molecule has 1 amide bonds. The fraction of sp³-hybridized carbons (Fsp3) is 0.316. The van der Waals surface area contributed by atoms with Gasteiger partial charge in [-0.05, 0) is 43.5 Å². The fourth-order valence-electron chi connectivity index (χ4n) is 3.54. The number of rotatable bonds is 2. The van der Waals surface area contributed by atoms with Gasteiger partial charge in [0.1, 0.15) is 11.5 Å². The quantitative estimate of drug-likeness (QED) is 0.728. The third-order valence-corrected chi connectivity index (χ3v) is 4.77. The molecule has 3 heterocycles. The largest absolute Gasteiger partial charge is 0.329 e. The molecule has 1 fully saturated rings. The van der Waals surface area contributed by atoms with Gasteiger partial charge in [-0.25, -0.2) is 4.98 Å². The summed E-state index contributed by atoms with van der Waals surface area (Å²) in [5.74, 6) is 0.951. The van der Waals surface area contributed by atoms with Crippen molar-refractivity contribution in [2.45, 2.75) is 25.3 Å². The summed E-state index contributed by atoms with van der Waals surface area (Å²) in [4.78, 5) is 23.9. The lowest BCUT2D eigenvalue weighted by atomic mass is 10.0. The number of imidazole rings is 1. The molecule has 1 atom stereocenters. The van der Waals surface area contributed by atoms with Crippen molar-refractivity contribution in [2.24, 2.45) is 7.05 Å². The Morgan fingerprint density at radius 3 is 2.75 bits per heavy atom. The molecule has 24 heavy (non-hydrogen) atoms. The lowest BCUT2D eigenvalue weighted by molar-refractivity contribution is 0.0591. The molecule has 5 nitrogen and oxygen atoms in total. The minimum absolute atomic E-state index is 0.00524. The lowest BCUT2D eigenvalue weighted by Gasteiger charge is -2.35. The first-order valence-electron chi connectivity index (χ1n) is 8.39. The van der Waals surface area contributed by atoms with Crippen LogP contribution in [0.5, 0.6) is 0 Å². The van der Waals surface area contributed by atoms with Gasteiger partial charge in [0.25, 0.3) is 5.91 Å². The second-order valence-electron chi connectivity index (χ2n) is 6.24. The number of para-hydroxylation sites is 2. The summed E-state index contributed by atoms with van der Waals surface area (Å²) < 4.78 is 2.12. The van der Waals surface area contributed by atoms with Gasteiger partial charge in [-0.2, -0.15) is 0 Å². The lowest BCUT2D eigenvalue weighted by Crippen LogP contribution is -2.39. The molecule has 0 spiro atoms. The van der Waals surface area contributed by atoms with E-state index >= 15 is 0 Å². The standard InChI is InChI=1S/C19H20N4O/c1-22-16-10-3-2-8-14(16)21-18(22)17-11-5-7-13-23(17)19(24)15-9-4-6-12-20-15/h2-4,6,8-10,12,17H,5,7,11,13H2,1H3. The Labute approximate surface area is 140 Å². The number of pyridine rings is 1. The van der Waals surface area contributed by atoms with Crippen molar-refractivity contribution >= 4 is 16.9 Å². The zero-order valence-corrected chi connectivity index (χ0v) is 13.7.